The second-order valence-electron chi connectivity index (χ2n) is 5.54. The van der Waals surface area contributed by atoms with Crippen LogP contribution in [0.3, 0.4) is 0 Å². The molecule has 0 fully saturated rings. The Balaban J connectivity index is 2.01. The molecule has 0 aliphatic carbocycles. The fraction of sp³-hybridized carbons (Fsp3) is 0.278. The molecule has 1 unspecified atom stereocenters. The molecule has 0 aliphatic heterocycles. The zero-order valence-corrected chi connectivity index (χ0v) is 15.9. The third-order valence-corrected chi connectivity index (χ3v) is 5.93. The minimum atomic E-state index is -3.50. The van der Waals surface area contributed by atoms with Crippen molar-refractivity contribution in [2.75, 3.05) is 25.6 Å². The summed E-state index contributed by atoms with van der Waals surface area (Å²) in [5, 5.41) is 2.84. The van der Waals surface area contributed by atoms with Gasteiger partial charge in [-0.3, -0.25) is 4.79 Å². The third-order valence-electron chi connectivity index (χ3n) is 3.66. The first-order valence-corrected chi connectivity index (χ1v) is 10.7. The second kappa shape index (κ2) is 9.03. The minimum absolute atomic E-state index is 0.326. The van der Waals surface area contributed by atoms with Crippen molar-refractivity contribution in [3.8, 4) is 0 Å². The molecule has 2 rings (SSSR count). The molecule has 0 aromatic heterocycles. The van der Waals surface area contributed by atoms with E-state index in [1.165, 1.54) is 7.05 Å². The standard InChI is InChI=1S/C18H22N2O3S2/c1-20(25(2,22)23)17(15-9-5-3-6-10-15)18(21)19-13-14-24-16-11-7-4-8-12-16/h3-12,17H,13-14H2,1-2H3,(H,19,21). The Hall–Kier alpha value is -1.83. The number of benzene rings is 2. The Morgan fingerprint density at radius 2 is 1.64 bits per heavy atom. The summed E-state index contributed by atoms with van der Waals surface area (Å²) >= 11 is 1.64. The molecule has 0 bridgehead atoms. The normalized spacial score (nSPS) is 12.8. The Morgan fingerprint density at radius 1 is 1.08 bits per heavy atom. The van der Waals surface area contributed by atoms with Crippen LogP contribution in [-0.2, 0) is 14.8 Å². The number of hydrogen-bond donors (Lipinski definition) is 1. The Bertz CT molecular complexity index is 780. The van der Waals surface area contributed by atoms with E-state index >= 15 is 0 Å². The summed E-state index contributed by atoms with van der Waals surface area (Å²) in [4.78, 5) is 13.7. The van der Waals surface area contributed by atoms with E-state index in [-0.39, 0.29) is 5.91 Å². The van der Waals surface area contributed by atoms with Crippen molar-refractivity contribution in [2.24, 2.45) is 0 Å². The molecule has 1 amide bonds. The van der Waals surface area contributed by atoms with E-state index < -0.39 is 16.1 Å². The maximum absolute atomic E-state index is 12.6. The summed E-state index contributed by atoms with van der Waals surface area (Å²) in [7, 11) is -2.08. The molecule has 2 aromatic rings. The number of thioether (sulfide) groups is 1. The van der Waals surface area contributed by atoms with Crippen LogP contribution in [-0.4, -0.2) is 44.2 Å². The van der Waals surface area contributed by atoms with Gasteiger partial charge < -0.3 is 5.32 Å². The number of nitrogens with one attached hydrogen (secondary N) is 1. The molecule has 134 valence electrons. The average Bonchev–Trinajstić information content (AvgIpc) is 2.60. The van der Waals surface area contributed by atoms with Crippen LogP contribution in [0.25, 0.3) is 0 Å². The van der Waals surface area contributed by atoms with Crippen LogP contribution in [0.2, 0.25) is 0 Å². The van der Waals surface area contributed by atoms with Crippen molar-refractivity contribution < 1.29 is 13.2 Å². The first-order valence-electron chi connectivity index (χ1n) is 7.83. The number of carbonyl (C=O) groups is 1. The lowest BCUT2D eigenvalue weighted by atomic mass is 10.1. The van der Waals surface area contributed by atoms with E-state index in [1.807, 2.05) is 36.4 Å². The summed E-state index contributed by atoms with van der Waals surface area (Å²) in [6, 6.07) is 17.9. The summed E-state index contributed by atoms with van der Waals surface area (Å²) in [5.74, 6) is 0.382. The van der Waals surface area contributed by atoms with Crippen molar-refractivity contribution in [1.29, 1.82) is 0 Å². The molecule has 0 aliphatic rings. The highest BCUT2D eigenvalue weighted by Crippen LogP contribution is 2.22. The zero-order chi connectivity index (χ0) is 18.3. The molecule has 7 heteroatoms. The highest BCUT2D eigenvalue weighted by molar-refractivity contribution is 7.99. The van der Waals surface area contributed by atoms with Gasteiger partial charge in [-0.25, -0.2) is 8.42 Å². The maximum atomic E-state index is 12.6. The predicted octanol–water partition coefficient (Wildman–Crippen LogP) is 2.53. The lowest BCUT2D eigenvalue weighted by Gasteiger charge is -2.25. The van der Waals surface area contributed by atoms with Gasteiger partial charge in [0.1, 0.15) is 6.04 Å². The van der Waals surface area contributed by atoms with Crippen LogP contribution in [0.4, 0.5) is 0 Å². The number of hydrogen-bond acceptors (Lipinski definition) is 4. The molecular weight excluding hydrogens is 356 g/mol. The van der Waals surface area contributed by atoms with Gasteiger partial charge in [-0.2, -0.15) is 4.31 Å². The van der Waals surface area contributed by atoms with Crippen molar-refractivity contribution in [3.63, 3.8) is 0 Å². The monoisotopic (exact) mass is 378 g/mol. The molecule has 1 N–H and O–H groups in total. The van der Waals surface area contributed by atoms with Gasteiger partial charge in [0.05, 0.1) is 6.26 Å². The molecule has 25 heavy (non-hydrogen) atoms. The van der Waals surface area contributed by atoms with E-state index in [0.717, 1.165) is 15.5 Å². The van der Waals surface area contributed by atoms with Crippen LogP contribution >= 0.6 is 11.8 Å². The maximum Gasteiger partial charge on any atom is 0.243 e. The van der Waals surface area contributed by atoms with Crippen molar-refractivity contribution >= 4 is 27.7 Å². The number of carbonyl (C=O) groups excluding carboxylic acids is 1. The van der Waals surface area contributed by atoms with Gasteiger partial charge in [0.25, 0.3) is 0 Å². The van der Waals surface area contributed by atoms with Gasteiger partial charge >= 0.3 is 0 Å². The molecule has 5 nitrogen and oxygen atoms in total. The summed E-state index contributed by atoms with van der Waals surface area (Å²) < 4.78 is 24.9. The van der Waals surface area contributed by atoms with Gasteiger partial charge in [-0.1, -0.05) is 48.5 Å². The molecule has 1 atom stereocenters. The van der Waals surface area contributed by atoms with Crippen LogP contribution in [0, 0.1) is 0 Å². The van der Waals surface area contributed by atoms with Gasteiger partial charge in [-0.15, -0.1) is 11.8 Å². The topological polar surface area (TPSA) is 66.5 Å². The van der Waals surface area contributed by atoms with E-state index in [1.54, 1.807) is 36.0 Å². The molecule has 0 saturated carbocycles. The number of nitrogens with zero attached hydrogens (tertiary/aromatic N) is 1. The fourth-order valence-electron chi connectivity index (χ4n) is 2.31. The van der Waals surface area contributed by atoms with Crippen molar-refractivity contribution in [2.45, 2.75) is 10.9 Å². The highest BCUT2D eigenvalue weighted by Gasteiger charge is 2.30. The second-order valence-corrected chi connectivity index (χ2v) is 8.76. The molecule has 2 aromatic carbocycles. The van der Waals surface area contributed by atoms with Gasteiger partial charge in [0.2, 0.25) is 15.9 Å². The third kappa shape index (κ3) is 5.88. The molecule has 0 spiro atoms. The lowest BCUT2D eigenvalue weighted by molar-refractivity contribution is -0.124. The largest absolute Gasteiger partial charge is 0.354 e. The van der Waals surface area contributed by atoms with E-state index in [2.05, 4.69) is 5.32 Å². The van der Waals surface area contributed by atoms with E-state index in [0.29, 0.717) is 17.9 Å². The molecule has 0 radical (unpaired) electrons. The van der Waals surface area contributed by atoms with Gasteiger partial charge in [-0.05, 0) is 17.7 Å². The first-order chi connectivity index (χ1) is 11.9. The Morgan fingerprint density at radius 3 is 2.20 bits per heavy atom. The number of sulfonamides is 1. The van der Waals surface area contributed by atoms with Crippen LogP contribution in [0.5, 0.6) is 0 Å². The molecule has 0 saturated heterocycles. The first kappa shape index (κ1) is 19.5. The predicted molar refractivity (Wildman–Crippen MR) is 102 cm³/mol. The van der Waals surface area contributed by atoms with E-state index in [9.17, 15) is 13.2 Å². The minimum Gasteiger partial charge on any atom is -0.354 e. The zero-order valence-electron chi connectivity index (χ0n) is 14.3. The Labute approximate surface area is 153 Å². The van der Waals surface area contributed by atoms with Crippen molar-refractivity contribution in [3.05, 3.63) is 66.2 Å². The van der Waals surface area contributed by atoms with Gasteiger partial charge in [0.15, 0.2) is 0 Å². The smallest absolute Gasteiger partial charge is 0.243 e. The van der Waals surface area contributed by atoms with Crippen LogP contribution in [0.1, 0.15) is 11.6 Å². The van der Waals surface area contributed by atoms with Crippen molar-refractivity contribution in [1.82, 2.24) is 9.62 Å². The summed E-state index contributed by atoms with van der Waals surface area (Å²) in [5.41, 5.74) is 0.642. The summed E-state index contributed by atoms with van der Waals surface area (Å²) in [6.07, 6.45) is 1.10. The SMILES string of the molecule is CN(C(C(=O)NCCSc1ccccc1)c1ccccc1)S(C)(=O)=O. The number of likely N-dealkylation sites (N-methyl/N-ethyl adjacent to an activating group) is 1. The molecule has 0 heterocycles. The average molecular weight is 379 g/mol. The van der Waals surface area contributed by atoms with Gasteiger partial charge in [0, 0.05) is 24.2 Å². The number of amides is 1. The van der Waals surface area contributed by atoms with Crippen LogP contribution in [0.15, 0.2) is 65.6 Å². The fourth-order valence-corrected chi connectivity index (χ4v) is 3.70. The Kier molecular flexibility index (Phi) is 7.04. The summed E-state index contributed by atoms with van der Waals surface area (Å²) in [6.45, 7) is 0.458. The number of rotatable bonds is 8. The highest BCUT2D eigenvalue weighted by atomic mass is 32.2. The van der Waals surface area contributed by atoms with Crippen LogP contribution < -0.4 is 5.32 Å². The van der Waals surface area contributed by atoms with E-state index in [4.69, 9.17) is 0 Å². The molecular formula is C18H22N2O3S2. The quantitative estimate of drug-likeness (QED) is 0.566. The lowest BCUT2D eigenvalue weighted by Crippen LogP contribution is -2.41.